The second kappa shape index (κ2) is 12.5. The maximum atomic E-state index is 14.7. The van der Waals surface area contributed by atoms with Crippen molar-refractivity contribution in [3.8, 4) is 0 Å². The highest BCUT2D eigenvalue weighted by Crippen LogP contribution is 2.66. The van der Waals surface area contributed by atoms with Gasteiger partial charge in [0.2, 0.25) is 11.8 Å². The normalized spacial score (nSPS) is 25.8. The molecule has 1 N–H and O–H groups in total. The van der Waals surface area contributed by atoms with E-state index in [1.165, 1.54) is 0 Å². The largest absolute Gasteiger partial charge is 0.396 e. The monoisotopic (exact) mass is 587 g/mol. The van der Waals surface area contributed by atoms with Crippen LogP contribution in [0.25, 0.3) is 0 Å². The molecule has 0 saturated carbocycles. The van der Waals surface area contributed by atoms with Crippen molar-refractivity contribution in [3.63, 3.8) is 0 Å². The smallest absolute Gasteiger partial charge is 0.251 e. The van der Waals surface area contributed by atoms with Gasteiger partial charge in [-0.25, -0.2) is 0 Å². The number of anilines is 1. The number of hydrogen-bond donors (Lipinski definition) is 1. The number of nitrogens with zero attached hydrogens (tertiary/aromatic N) is 3. The molecule has 2 unspecified atom stereocenters. The van der Waals surface area contributed by atoms with Gasteiger partial charge in [-0.05, 0) is 49.8 Å². The highest BCUT2D eigenvalue weighted by Gasteiger charge is 2.74. The number of benzene rings is 2. The Kier molecular flexibility index (Phi) is 8.94. The number of fused-ring (bicyclic) bond motifs is 1. The van der Waals surface area contributed by atoms with Crippen LogP contribution < -0.4 is 4.90 Å². The van der Waals surface area contributed by atoms with Gasteiger partial charge in [-0.2, -0.15) is 0 Å². The zero-order valence-electron chi connectivity index (χ0n) is 24.6. The summed E-state index contributed by atoms with van der Waals surface area (Å²) in [5.74, 6) is -1.44. The lowest BCUT2D eigenvalue weighted by Crippen LogP contribution is -2.55. The zero-order chi connectivity index (χ0) is 30.0. The highest BCUT2D eigenvalue weighted by molar-refractivity contribution is 8.02. The number of likely N-dealkylation sites (tertiary alicyclic amines) is 1. The second-order valence-electron chi connectivity index (χ2n) is 11.6. The quantitative estimate of drug-likeness (QED) is 0.370. The van der Waals surface area contributed by atoms with Crippen LogP contribution in [0.3, 0.4) is 0 Å². The van der Waals surface area contributed by atoms with E-state index >= 15 is 0 Å². The molecule has 0 aliphatic carbocycles. The van der Waals surface area contributed by atoms with E-state index in [9.17, 15) is 19.5 Å². The Balaban J connectivity index is 1.54. The molecular formula is C34H41N3O4S. The van der Waals surface area contributed by atoms with E-state index in [4.69, 9.17) is 0 Å². The third-order valence-corrected chi connectivity index (χ3v) is 11.0. The summed E-state index contributed by atoms with van der Waals surface area (Å²) in [5, 5.41) is 9.68. The summed E-state index contributed by atoms with van der Waals surface area (Å²) in [5.41, 5.74) is 3.80. The maximum Gasteiger partial charge on any atom is 0.251 e. The number of amides is 3. The van der Waals surface area contributed by atoms with E-state index in [2.05, 4.69) is 13.2 Å². The minimum Gasteiger partial charge on any atom is -0.396 e. The van der Waals surface area contributed by atoms with Crippen molar-refractivity contribution in [2.75, 3.05) is 31.1 Å². The van der Waals surface area contributed by atoms with E-state index in [-0.39, 0.29) is 36.1 Å². The van der Waals surface area contributed by atoms with Gasteiger partial charge < -0.3 is 19.8 Å². The summed E-state index contributed by atoms with van der Waals surface area (Å²) in [6.45, 7) is 13.1. The molecule has 8 heteroatoms. The van der Waals surface area contributed by atoms with Crippen LogP contribution in [0.5, 0.6) is 0 Å². The van der Waals surface area contributed by atoms with E-state index in [0.717, 1.165) is 28.8 Å². The van der Waals surface area contributed by atoms with E-state index in [1.807, 2.05) is 62.4 Å². The Labute approximate surface area is 253 Å². The molecule has 42 heavy (non-hydrogen) atoms. The summed E-state index contributed by atoms with van der Waals surface area (Å²) in [6, 6.07) is 15.1. The number of para-hydroxylation sites is 1. The van der Waals surface area contributed by atoms with Crippen LogP contribution in [-0.4, -0.2) is 74.9 Å². The fraction of sp³-hybridized carbons (Fsp3) is 0.441. The molecule has 3 aliphatic rings. The summed E-state index contributed by atoms with van der Waals surface area (Å²) < 4.78 is -0.697. The van der Waals surface area contributed by atoms with Gasteiger partial charge in [0.1, 0.15) is 6.04 Å². The Hall–Kier alpha value is -3.36. The number of aliphatic hydroxyl groups excluding tert-OH is 1. The maximum absolute atomic E-state index is 14.7. The van der Waals surface area contributed by atoms with E-state index in [1.54, 1.807) is 38.6 Å². The fourth-order valence-corrected chi connectivity index (χ4v) is 9.60. The van der Waals surface area contributed by atoms with Crippen LogP contribution in [0.1, 0.15) is 36.0 Å². The molecule has 3 saturated heterocycles. The van der Waals surface area contributed by atoms with Crippen LogP contribution in [0.4, 0.5) is 5.69 Å². The van der Waals surface area contributed by atoms with Gasteiger partial charge in [-0.15, -0.1) is 24.9 Å². The lowest BCUT2D eigenvalue weighted by Gasteiger charge is -2.38. The van der Waals surface area contributed by atoms with Crippen LogP contribution in [0, 0.1) is 25.7 Å². The standard InChI is InChI=1S/C34H41N3O4S/c1-5-18-35(22-25-14-8-7-9-15-25)31(39)27-26-16-17-34(42-26)28(27)32(40)37(20-11-21-38)30(34)33(41)36(19-6-2)29-23(3)12-10-13-24(29)4/h5-10,12-15,26-28,30,38H,1-2,11,16-22H2,3-4H3/t26-,27+,28+,30?,34?/m1/s1. The van der Waals surface area contributed by atoms with Gasteiger partial charge in [0, 0.05) is 43.7 Å². The Morgan fingerprint density at radius 1 is 1.05 bits per heavy atom. The molecule has 2 bridgehead atoms. The predicted molar refractivity (Wildman–Crippen MR) is 168 cm³/mol. The Morgan fingerprint density at radius 2 is 1.74 bits per heavy atom. The first-order valence-electron chi connectivity index (χ1n) is 14.8. The van der Waals surface area contributed by atoms with Crippen molar-refractivity contribution in [1.29, 1.82) is 0 Å². The minimum absolute atomic E-state index is 0.0297. The molecule has 0 radical (unpaired) electrons. The first-order chi connectivity index (χ1) is 20.3. The van der Waals surface area contributed by atoms with Gasteiger partial charge in [0.15, 0.2) is 0 Å². The first kappa shape index (κ1) is 30.1. The van der Waals surface area contributed by atoms with Crippen LogP contribution in [0.15, 0.2) is 73.8 Å². The van der Waals surface area contributed by atoms with Crippen LogP contribution in [0.2, 0.25) is 0 Å². The number of thioether (sulfide) groups is 1. The SMILES string of the molecule is C=CCN(Cc1ccccc1)C(=O)[C@@H]1[C@H]2C(=O)N(CCCO)C(C(=O)N(CC=C)c3c(C)cccc3C)C23CC[C@H]1S3. The molecule has 3 heterocycles. The van der Waals surface area contributed by atoms with Crippen molar-refractivity contribution in [2.24, 2.45) is 11.8 Å². The van der Waals surface area contributed by atoms with Gasteiger partial charge in [0.05, 0.1) is 16.6 Å². The summed E-state index contributed by atoms with van der Waals surface area (Å²) in [4.78, 5) is 48.6. The number of rotatable bonds is 12. The topological polar surface area (TPSA) is 81.2 Å². The minimum atomic E-state index is -0.727. The van der Waals surface area contributed by atoms with Crippen molar-refractivity contribution in [3.05, 3.63) is 90.5 Å². The average Bonchev–Trinajstić information content (AvgIpc) is 3.62. The molecule has 3 fully saturated rings. The zero-order valence-corrected chi connectivity index (χ0v) is 25.4. The molecule has 3 amide bonds. The fourth-order valence-electron chi connectivity index (χ4n) is 7.40. The lowest BCUT2D eigenvalue weighted by molar-refractivity contribution is -0.144. The molecule has 3 aliphatic heterocycles. The van der Waals surface area contributed by atoms with Gasteiger partial charge in [-0.3, -0.25) is 14.4 Å². The van der Waals surface area contributed by atoms with Crippen LogP contribution >= 0.6 is 11.8 Å². The summed E-state index contributed by atoms with van der Waals surface area (Å²) in [7, 11) is 0. The molecule has 7 nitrogen and oxygen atoms in total. The van der Waals surface area contributed by atoms with Crippen molar-refractivity contribution >= 4 is 35.2 Å². The third kappa shape index (κ3) is 5.09. The van der Waals surface area contributed by atoms with Crippen molar-refractivity contribution in [1.82, 2.24) is 9.80 Å². The molecular weight excluding hydrogens is 546 g/mol. The van der Waals surface area contributed by atoms with Gasteiger partial charge in [-0.1, -0.05) is 60.7 Å². The molecule has 0 aromatic heterocycles. The van der Waals surface area contributed by atoms with Crippen LogP contribution in [-0.2, 0) is 20.9 Å². The number of carbonyl (C=O) groups excluding carboxylic acids is 3. The number of aryl methyl sites for hydroxylation is 2. The lowest BCUT2D eigenvalue weighted by atomic mass is 9.70. The van der Waals surface area contributed by atoms with E-state index in [0.29, 0.717) is 32.5 Å². The van der Waals surface area contributed by atoms with Gasteiger partial charge >= 0.3 is 0 Å². The second-order valence-corrected chi connectivity index (χ2v) is 13.2. The predicted octanol–water partition coefficient (Wildman–Crippen LogP) is 4.51. The Morgan fingerprint density at radius 3 is 2.38 bits per heavy atom. The van der Waals surface area contributed by atoms with Crippen molar-refractivity contribution < 1.29 is 19.5 Å². The molecule has 2 aromatic rings. The van der Waals surface area contributed by atoms with Crippen molar-refractivity contribution in [2.45, 2.75) is 55.7 Å². The van der Waals surface area contributed by atoms with Gasteiger partial charge in [0.25, 0.3) is 5.91 Å². The number of carbonyl (C=O) groups is 3. The number of aliphatic hydroxyl groups is 1. The molecule has 5 rings (SSSR count). The molecule has 2 aromatic carbocycles. The van der Waals surface area contributed by atoms with E-state index < -0.39 is 22.6 Å². The summed E-state index contributed by atoms with van der Waals surface area (Å²) >= 11 is 1.67. The first-order valence-corrected chi connectivity index (χ1v) is 15.7. The highest BCUT2D eigenvalue weighted by atomic mass is 32.2. The summed E-state index contributed by atoms with van der Waals surface area (Å²) in [6.07, 6.45) is 5.29. The number of hydrogen-bond acceptors (Lipinski definition) is 5. The molecule has 1 spiro atoms. The molecule has 222 valence electrons. The Bertz CT molecular complexity index is 1340. The third-order valence-electron chi connectivity index (χ3n) is 9.04. The molecule has 5 atom stereocenters. The average molecular weight is 588 g/mol.